The first kappa shape index (κ1) is 14.7. The molecule has 0 aliphatic heterocycles. The lowest BCUT2D eigenvalue weighted by molar-refractivity contribution is 0.371. The molecule has 0 atom stereocenters. The number of nitrogens with one attached hydrogen (secondary N) is 1. The number of nitrogens with zero attached hydrogens (tertiary/aromatic N) is 2. The molecule has 0 saturated heterocycles. The Morgan fingerprint density at radius 1 is 0.917 bits per heavy atom. The van der Waals surface area contributed by atoms with Crippen molar-refractivity contribution in [2.75, 3.05) is 0 Å². The molecule has 120 valence electrons. The van der Waals surface area contributed by atoms with Crippen LogP contribution in [0.3, 0.4) is 0 Å². The predicted molar refractivity (Wildman–Crippen MR) is 93.9 cm³/mol. The van der Waals surface area contributed by atoms with Crippen molar-refractivity contribution >= 4 is 10.9 Å². The lowest BCUT2D eigenvalue weighted by Gasteiger charge is -1.97. The minimum Gasteiger partial charge on any atom is -0.361 e. The first-order valence-electron chi connectivity index (χ1n) is 8.29. The van der Waals surface area contributed by atoms with Crippen molar-refractivity contribution in [2.24, 2.45) is 0 Å². The molecule has 0 aliphatic rings. The maximum absolute atomic E-state index is 5.37. The fourth-order valence-corrected chi connectivity index (χ4v) is 3.01. The molecule has 0 aliphatic carbocycles. The van der Waals surface area contributed by atoms with Crippen molar-refractivity contribution in [3.8, 4) is 0 Å². The highest BCUT2D eigenvalue weighted by atomic mass is 16.5. The van der Waals surface area contributed by atoms with Crippen molar-refractivity contribution in [2.45, 2.75) is 25.7 Å². The lowest BCUT2D eigenvalue weighted by atomic mass is 10.1. The van der Waals surface area contributed by atoms with E-state index in [0.717, 1.165) is 31.0 Å². The molecule has 4 heteroatoms. The van der Waals surface area contributed by atoms with Crippen LogP contribution in [0.5, 0.6) is 0 Å². The summed E-state index contributed by atoms with van der Waals surface area (Å²) >= 11 is 0. The summed E-state index contributed by atoms with van der Waals surface area (Å²) in [7, 11) is 0. The summed E-state index contributed by atoms with van der Waals surface area (Å²) in [5.41, 5.74) is 3.73. The summed E-state index contributed by atoms with van der Waals surface area (Å²) in [6.07, 6.45) is 5.61. The Balaban J connectivity index is 1.35. The summed E-state index contributed by atoms with van der Waals surface area (Å²) in [5, 5.41) is 5.38. The van der Waals surface area contributed by atoms with Gasteiger partial charge in [-0.3, -0.25) is 0 Å². The molecule has 0 spiro atoms. The van der Waals surface area contributed by atoms with Crippen molar-refractivity contribution in [3.63, 3.8) is 0 Å². The largest absolute Gasteiger partial charge is 0.361 e. The summed E-state index contributed by atoms with van der Waals surface area (Å²) in [6.45, 7) is 0. The van der Waals surface area contributed by atoms with Crippen LogP contribution < -0.4 is 0 Å². The van der Waals surface area contributed by atoms with Gasteiger partial charge in [0.25, 0.3) is 0 Å². The van der Waals surface area contributed by atoms with Crippen LogP contribution in [0, 0.1) is 0 Å². The Kier molecular flexibility index (Phi) is 4.11. The molecule has 2 aromatic carbocycles. The number of H-pyrrole nitrogens is 1. The molecule has 24 heavy (non-hydrogen) atoms. The van der Waals surface area contributed by atoms with E-state index in [9.17, 15) is 0 Å². The Bertz CT molecular complexity index is 924. The van der Waals surface area contributed by atoms with E-state index in [1.54, 1.807) is 0 Å². The van der Waals surface area contributed by atoms with Crippen LogP contribution in [-0.4, -0.2) is 15.1 Å². The van der Waals surface area contributed by atoms with Gasteiger partial charge >= 0.3 is 0 Å². The average Bonchev–Trinajstić information content (AvgIpc) is 3.23. The second-order valence-electron chi connectivity index (χ2n) is 5.98. The maximum atomic E-state index is 5.37. The standard InChI is InChI=1S/C20H19N3O/c1-2-7-15(8-3-1)13-19-22-20(24-23-19)12-6-9-16-14-21-18-11-5-4-10-17(16)18/h1-5,7-8,10-11,14,21H,6,9,12-13H2. The maximum Gasteiger partial charge on any atom is 0.226 e. The van der Waals surface area contributed by atoms with E-state index >= 15 is 0 Å². The Labute approximate surface area is 140 Å². The molecule has 0 fully saturated rings. The molecule has 0 amide bonds. The highest BCUT2D eigenvalue weighted by Gasteiger charge is 2.08. The SMILES string of the molecule is c1ccc(Cc2noc(CCCc3c[nH]c4ccccc34)n2)cc1. The molecule has 0 bridgehead atoms. The van der Waals surface area contributed by atoms with Crippen LogP contribution in [0.1, 0.15) is 29.3 Å². The Hall–Kier alpha value is -2.88. The van der Waals surface area contributed by atoms with Crippen molar-refractivity contribution in [1.29, 1.82) is 0 Å². The molecule has 4 rings (SSSR count). The summed E-state index contributed by atoms with van der Waals surface area (Å²) < 4.78 is 5.37. The van der Waals surface area contributed by atoms with E-state index in [0.29, 0.717) is 6.42 Å². The van der Waals surface area contributed by atoms with Crippen molar-refractivity contribution in [1.82, 2.24) is 15.1 Å². The van der Waals surface area contributed by atoms with Crippen LogP contribution in [0.15, 0.2) is 65.3 Å². The number of rotatable bonds is 6. The van der Waals surface area contributed by atoms with Gasteiger partial charge in [-0.2, -0.15) is 4.98 Å². The molecular formula is C20H19N3O. The molecule has 4 aromatic rings. The van der Waals surface area contributed by atoms with Crippen molar-refractivity contribution < 1.29 is 4.52 Å². The quantitative estimate of drug-likeness (QED) is 0.576. The van der Waals surface area contributed by atoms with E-state index in [4.69, 9.17) is 4.52 Å². The average molecular weight is 317 g/mol. The van der Waals surface area contributed by atoms with Gasteiger partial charge in [0.05, 0.1) is 0 Å². The Morgan fingerprint density at radius 3 is 2.67 bits per heavy atom. The van der Waals surface area contributed by atoms with Crippen LogP contribution in [0.25, 0.3) is 10.9 Å². The first-order chi connectivity index (χ1) is 11.9. The van der Waals surface area contributed by atoms with Gasteiger partial charge in [0.2, 0.25) is 5.89 Å². The van der Waals surface area contributed by atoms with Gasteiger partial charge < -0.3 is 9.51 Å². The van der Waals surface area contributed by atoms with Crippen LogP contribution in [0.4, 0.5) is 0 Å². The molecule has 0 unspecified atom stereocenters. The highest BCUT2D eigenvalue weighted by molar-refractivity contribution is 5.82. The van der Waals surface area contributed by atoms with E-state index in [-0.39, 0.29) is 0 Å². The predicted octanol–water partition coefficient (Wildman–Crippen LogP) is 4.32. The monoisotopic (exact) mass is 317 g/mol. The summed E-state index contributed by atoms with van der Waals surface area (Å²) in [6, 6.07) is 18.6. The van der Waals surface area contributed by atoms with E-state index < -0.39 is 0 Å². The third kappa shape index (κ3) is 3.23. The molecule has 4 nitrogen and oxygen atoms in total. The number of aromatic amines is 1. The second kappa shape index (κ2) is 6.71. The van der Waals surface area contributed by atoms with E-state index in [2.05, 4.69) is 57.7 Å². The third-order valence-electron chi connectivity index (χ3n) is 4.23. The fraction of sp³-hybridized carbons (Fsp3) is 0.200. The van der Waals surface area contributed by atoms with E-state index in [1.807, 2.05) is 18.2 Å². The van der Waals surface area contributed by atoms with Gasteiger partial charge in [-0.25, -0.2) is 0 Å². The second-order valence-corrected chi connectivity index (χ2v) is 5.98. The number of para-hydroxylation sites is 1. The van der Waals surface area contributed by atoms with Gasteiger partial charge in [-0.05, 0) is 30.0 Å². The number of hydrogen-bond donors (Lipinski definition) is 1. The number of benzene rings is 2. The zero-order valence-corrected chi connectivity index (χ0v) is 13.4. The number of aromatic nitrogens is 3. The summed E-state index contributed by atoms with van der Waals surface area (Å²) in [5.74, 6) is 1.48. The molecule has 1 N–H and O–H groups in total. The number of fused-ring (bicyclic) bond motifs is 1. The topological polar surface area (TPSA) is 54.7 Å². The summed E-state index contributed by atoms with van der Waals surface area (Å²) in [4.78, 5) is 7.82. The molecule has 2 aromatic heterocycles. The van der Waals surface area contributed by atoms with Gasteiger partial charge in [-0.15, -0.1) is 0 Å². The fourth-order valence-electron chi connectivity index (χ4n) is 3.01. The number of aryl methyl sites for hydroxylation is 2. The van der Waals surface area contributed by atoms with Crippen LogP contribution in [-0.2, 0) is 19.3 Å². The first-order valence-corrected chi connectivity index (χ1v) is 8.29. The lowest BCUT2D eigenvalue weighted by Crippen LogP contribution is -1.92. The zero-order chi connectivity index (χ0) is 16.2. The van der Waals surface area contributed by atoms with Crippen molar-refractivity contribution in [3.05, 3.63) is 83.6 Å². The molecule has 0 saturated carbocycles. The minimum absolute atomic E-state index is 0.715. The smallest absolute Gasteiger partial charge is 0.226 e. The van der Waals surface area contributed by atoms with Gasteiger partial charge in [0, 0.05) is 29.9 Å². The third-order valence-corrected chi connectivity index (χ3v) is 4.23. The molecule has 0 radical (unpaired) electrons. The molecular weight excluding hydrogens is 298 g/mol. The Morgan fingerprint density at radius 2 is 1.75 bits per heavy atom. The normalized spacial score (nSPS) is 11.2. The highest BCUT2D eigenvalue weighted by Crippen LogP contribution is 2.19. The van der Waals surface area contributed by atoms with Gasteiger partial charge in [0.15, 0.2) is 5.82 Å². The molecule has 2 heterocycles. The van der Waals surface area contributed by atoms with E-state index in [1.165, 1.54) is 22.0 Å². The van der Waals surface area contributed by atoms with Gasteiger partial charge in [0.1, 0.15) is 0 Å². The zero-order valence-electron chi connectivity index (χ0n) is 13.4. The van der Waals surface area contributed by atoms with Crippen LogP contribution in [0.2, 0.25) is 0 Å². The number of hydrogen-bond acceptors (Lipinski definition) is 3. The van der Waals surface area contributed by atoms with Gasteiger partial charge in [-0.1, -0.05) is 53.7 Å². The van der Waals surface area contributed by atoms with Crippen LogP contribution >= 0.6 is 0 Å². The minimum atomic E-state index is 0.715.